The molecule has 0 saturated carbocycles. The van der Waals surface area contributed by atoms with Gasteiger partial charge in [0.2, 0.25) is 17.7 Å². The van der Waals surface area contributed by atoms with Crippen LogP contribution in [0.25, 0.3) is 11.1 Å². The van der Waals surface area contributed by atoms with E-state index in [0.717, 1.165) is 16.0 Å². The summed E-state index contributed by atoms with van der Waals surface area (Å²) in [5, 5.41) is 2.77. The van der Waals surface area contributed by atoms with Gasteiger partial charge in [0.1, 0.15) is 6.54 Å². The monoisotopic (exact) mass is 360 g/mol. The summed E-state index contributed by atoms with van der Waals surface area (Å²) in [6, 6.07) is 17.4. The number of nitrogens with one attached hydrogen (secondary N) is 1. The van der Waals surface area contributed by atoms with Crippen molar-refractivity contribution in [2.45, 2.75) is 12.8 Å². The number of hydrogen-bond acceptors (Lipinski definition) is 3. The highest BCUT2D eigenvalue weighted by molar-refractivity contribution is 6.08. The minimum Gasteiger partial charge on any atom is -0.325 e. The van der Waals surface area contributed by atoms with Gasteiger partial charge >= 0.3 is 0 Å². The average Bonchev–Trinajstić information content (AvgIpc) is 2.94. The van der Waals surface area contributed by atoms with E-state index in [4.69, 9.17) is 0 Å². The fourth-order valence-corrected chi connectivity index (χ4v) is 3.75. The molecule has 4 rings (SSSR count). The van der Waals surface area contributed by atoms with Crippen molar-refractivity contribution in [3.63, 3.8) is 0 Å². The quantitative estimate of drug-likeness (QED) is 0.672. The Hall–Kier alpha value is -3.21. The number of carbonyl (C=O) groups is 3. The van der Waals surface area contributed by atoms with Crippen LogP contribution in [-0.2, 0) is 14.4 Å². The summed E-state index contributed by atoms with van der Waals surface area (Å²) in [6.45, 7) is -0.231. The molecule has 1 aliphatic carbocycles. The summed E-state index contributed by atoms with van der Waals surface area (Å²) in [7, 11) is 0. The van der Waals surface area contributed by atoms with Crippen LogP contribution in [0, 0.1) is 11.8 Å². The number of rotatable bonds is 4. The topological polar surface area (TPSA) is 66.5 Å². The number of fused-ring (bicyclic) bond motifs is 1. The van der Waals surface area contributed by atoms with Crippen molar-refractivity contribution in [3.05, 3.63) is 66.7 Å². The van der Waals surface area contributed by atoms with Gasteiger partial charge in [0.15, 0.2) is 0 Å². The molecule has 27 heavy (non-hydrogen) atoms. The molecule has 0 aromatic heterocycles. The first-order valence-electron chi connectivity index (χ1n) is 9.09. The van der Waals surface area contributed by atoms with Crippen molar-refractivity contribution in [2.24, 2.45) is 11.8 Å². The molecular formula is C22H20N2O3. The van der Waals surface area contributed by atoms with Crippen LogP contribution in [0.15, 0.2) is 66.7 Å². The molecular weight excluding hydrogens is 340 g/mol. The van der Waals surface area contributed by atoms with Crippen LogP contribution < -0.4 is 5.32 Å². The van der Waals surface area contributed by atoms with Gasteiger partial charge < -0.3 is 5.32 Å². The van der Waals surface area contributed by atoms with Crippen molar-refractivity contribution in [1.82, 2.24) is 4.90 Å². The second kappa shape index (κ2) is 7.19. The number of amides is 3. The molecule has 0 bridgehead atoms. The highest BCUT2D eigenvalue weighted by Crippen LogP contribution is 2.34. The number of benzene rings is 2. The summed E-state index contributed by atoms with van der Waals surface area (Å²) in [6.07, 6.45) is 5.02. The lowest BCUT2D eigenvalue weighted by molar-refractivity contribution is -0.142. The van der Waals surface area contributed by atoms with Crippen LogP contribution >= 0.6 is 0 Å². The Morgan fingerprint density at radius 1 is 0.852 bits per heavy atom. The lowest BCUT2D eigenvalue weighted by Crippen LogP contribution is -2.38. The van der Waals surface area contributed by atoms with Crippen LogP contribution in [0.3, 0.4) is 0 Å². The van der Waals surface area contributed by atoms with Crippen molar-refractivity contribution < 1.29 is 14.4 Å². The number of hydrogen-bond donors (Lipinski definition) is 1. The molecule has 2 aliphatic rings. The number of nitrogens with zero attached hydrogens (tertiary/aromatic N) is 1. The highest BCUT2D eigenvalue weighted by Gasteiger charge is 2.47. The predicted molar refractivity (Wildman–Crippen MR) is 103 cm³/mol. The molecule has 1 aliphatic heterocycles. The van der Waals surface area contributed by atoms with Gasteiger partial charge in [-0.3, -0.25) is 19.3 Å². The van der Waals surface area contributed by atoms with E-state index in [1.807, 2.05) is 66.7 Å². The van der Waals surface area contributed by atoms with Gasteiger partial charge in [0.25, 0.3) is 0 Å². The van der Waals surface area contributed by atoms with E-state index in [9.17, 15) is 14.4 Å². The molecule has 1 saturated heterocycles. The Balaban J connectivity index is 1.40. The van der Waals surface area contributed by atoms with Crippen molar-refractivity contribution >= 4 is 23.4 Å². The van der Waals surface area contributed by atoms with E-state index < -0.39 is 0 Å². The number of allylic oxidation sites excluding steroid dienone is 2. The molecule has 5 heteroatoms. The molecule has 5 nitrogen and oxygen atoms in total. The molecule has 1 heterocycles. The second-order valence-corrected chi connectivity index (χ2v) is 6.91. The fraction of sp³-hybridized carbons (Fsp3) is 0.227. The van der Waals surface area contributed by atoms with Crippen LogP contribution in [-0.4, -0.2) is 29.2 Å². The Morgan fingerprint density at radius 3 is 2.00 bits per heavy atom. The maximum Gasteiger partial charge on any atom is 0.244 e. The molecule has 1 N–H and O–H groups in total. The van der Waals surface area contributed by atoms with E-state index in [0.29, 0.717) is 18.5 Å². The summed E-state index contributed by atoms with van der Waals surface area (Å²) in [5.74, 6) is -1.44. The molecule has 2 aromatic carbocycles. The van der Waals surface area contributed by atoms with Crippen molar-refractivity contribution in [1.29, 1.82) is 0 Å². The van der Waals surface area contributed by atoms with E-state index in [1.54, 1.807) is 0 Å². The van der Waals surface area contributed by atoms with Crippen LogP contribution in [0.2, 0.25) is 0 Å². The first-order chi connectivity index (χ1) is 13.1. The van der Waals surface area contributed by atoms with Crippen molar-refractivity contribution in [3.8, 4) is 11.1 Å². The molecule has 2 aromatic rings. The van der Waals surface area contributed by atoms with Crippen LogP contribution in [0.5, 0.6) is 0 Å². The first kappa shape index (κ1) is 17.2. The fourth-order valence-electron chi connectivity index (χ4n) is 3.75. The van der Waals surface area contributed by atoms with Gasteiger partial charge in [-0.1, -0.05) is 54.6 Å². The predicted octanol–water partition coefficient (Wildman–Crippen LogP) is 3.24. The Kier molecular flexibility index (Phi) is 4.59. The number of anilines is 1. The Morgan fingerprint density at radius 2 is 1.41 bits per heavy atom. The average molecular weight is 360 g/mol. The van der Waals surface area contributed by atoms with Gasteiger partial charge in [-0.25, -0.2) is 0 Å². The molecule has 2 atom stereocenters. The molecule has 0 unspecified atom stereocenters. The number of imide groups is 1. The zero-order valence-corrected chi connectivity index (χ0v) is 14.8. The Labute approximate surface area is 157 Å². The number of carbonyl (C=O) groups excluding carboxylic acids is 3. The molecule has 1 fully saturated rings. The second-order valence-electron chi connectivity index (χ2n) is 6.91. The third-order valence-electron chi connectivity index (χ3n) is 5.18. The maximum absolute atomic E-state index is 12.4. The first-order valence-corrected chi connectivity index (χ1v) is 9.09. The zero-order valence-electron chi connectivity index (χ0n) is 14.8. The van der Waals surface area contributed by atoms with Gasteiger partial charge in [-0.2, -0.15) is 0 Å². The molecule has 0 spiro atoms. The molecule has 3 amide bonds. The van der Waals surface area contributed by atoms with Gasteiger partial charge in [-0.05, 0) is 36.1 Å². The van der Waals surface area contributed by atoms with E-state index in [2.05, 4.69) is 5.32 Å². The maximum atomic E-state index is 12.4. The van der Waals surface area contributed by atoms with Gasteiger partial charge in [-0.15, -0.1) is 0 Å². The third-order valence-corrected chi connectivity index (χ3v) is 5.18. The Bertz CT molecular complexity index is 877. The lowest BCUT2D eigenvalue weighted by atomic mass is 9.85. The van der Waals surface area contributed by atoms with E-state index in [1.165, 1.54) is 0 Å². The minimum atomic E-state index is -0.365. The lowest BCUT2D eigenvalue weighted by Gasteiger charge is -2.14. The standard InChI is InChI=1S/C22H20N2O3/c25-20(14-24-21(26)18-8-4-5-9-19(18)22(24)27)23-17-12-10-16(11-13-17)15-6-2-1-3-7-15/h1-7,10-13,18-19H,8-9,14H2,(H,23,25)/t18-,19+. The number of likely N-dealkylation sites (tertiary alicyclic amines) is 1. The summed E-state index contributed by atoms with van der Waals surface area (Å²) in [4.78, 5) is 38.3. The summed E-state index contributed by atoms with van der Waals surface area (Å²) in [5.41, 5.74) is 2.78. The highest BCUT2D eigenvalue weighted by atomic mass is 16.2. The van der Waals surface area contributed by atoms with E-state index in [-0.39, 0.29) is 36.1 Å². The minimum absolute atomic E-state index is 0.231. The molecule has 0 radical (unpaired) electrons. The zero-order chi connectivity index (χ0) is 18.8. The van der Waals surface area contributed by atoms with Gasteiger partial charge in [0, 0.05) is 5.69 Å². The van der Waals surface area contributed by atoms with Crippen LogP contribution in [0.1, 0.15) is 12.8 Å². The van der Waals surface area contributed by atoms with E-state index >= 15 is 0 Å². The molecule has 136 valence electrons. The summed E-state index contributed by atoms with van der Waals surface area (Å²) >= 11 is 0. The largest absolute Gasteiger partial charge is 0.325 e. The smallest absolute Gasteiger partial charge is 0.244 e. The van der Waals surface area contributed by atoms with Gasteiger partial charge in [0.05, 0.1) is 11.8 Å². The third kappa shape index (κ3) is 3.40. The SMILES string of the molecule is O=C(CN1C(=O)[C@H]2CC=CC[C@H]2C1=O)Nc1ccc(-c2ccccc2)cc1. The van der Waals surface area contributed by atoms with Crippen molar-refractivity contribution in [2.75, 3.05) is 11.9 Å². The van der Waals surface area contributed by atoms with Crippen LogP contribution in [0.4, 0.5) is 5.69 Å². The summed E-state index contributed by atoms with van der Waals surface area (Å²) < 4.78 is 0. The normalized spacial score (nSPS) is 21.3.